The van der Waals surface area contributed by atoms with Crippen LogP contribution >= 0.6 is 0 Å². The Labute approximate surface area is 237 Å². The average Bonchev–Trinajstić information content (AvgIpc) is 2.97. The molecule has 4 aromatic rings. The van der Waals surface area contributed by atoms with Crippen molar-refractivity contribution in [2.24, 2.45) is 0 Å². The Morgan fingerprint density at radius 1 is 0.857 bits per heavy atom. The Morgan fingerprint density at radius 3 is 2.29 bits per heavy atom. The number of hydrogen-bond donors (Lipinski definition) is 6. The molecule has 0 saturated carbocycles. The highest BCUT2D eigenvalue weighted by Crippen LogP contribution is 2.32. The van der Waals surface area contributed by atoms with Gasteiger partial charge in [-0.05, 0) is 54.1 Å². The van der Waals surface area contributed by atoms with Crippen LogP contribution in [0.5, 0.6) is 23.0 Å². The highest BCUT2D eigenvalue weighted by Gasteiger charge is 2.45. The molecule has 0 radical (unpaired) electrons. The zero-order valence-corrected chi connectivity index (χ0v) is 21.7. The normalized spacial score (nSPS) is 22.3. The summed E-state index contributed by atoms with van der Waals surface area (Å²) in [5, 5.41) is 60.1. The van der Waals surface area contributed by atoms with E-state index in [0.29, 0.717) is 11.1 Å². The molecule has 12 heteroatoms. The van der Waals surface area contributed by atoms with Crippen molar-refractivity contribution >= 4 is 23.0 Å². The van der Waals surface area contributed by atoms with E-state index in [1.807, 2.05) is 0 Å². The lowest BCUT2D eigenvalue weighted by atomic mass is 9.99. The van der Waals surface area contributed by atoms with E-state index in [1.165, 1.54) is 54.6 Å². The molecule has 218 valence electrons. The van der Waals surface area contributed by atoms with Gasteiger partial charge in [-0.2, -0.15) is 0 Å². The van der Waals surface area contributed by atoms with Gasteiger partial charge in [-0.1, -0.05) is 12.1 Å². The second kappa shape index (κ2) is 11.9. The molecule has 0 aliphatic carbocycles. The summed E-state index contributed by atoms with van der Waals surface area (Å²) in [5.74, 6) is -1.04. The number of ether oxygens (including phenoxy) is 3. The molecule has 1 aromatic heterocycles. The van der Waals surface area contributed by atoms with Crippen LogP contribution in [-0.4, -0.2) is 73.9 Å². The molecule has 0 unspecified atom stereocenters. The van der Waals surface area contributed by atoms with Crippen molar-refractivity contribution < 1.29 is 54.1 Å². The standard InChI is InChI=1S/C30H26O12/c31-17-6-1-15(2-7-17)3-10-25(35)39-14-24-26(36)27(37)28(38)30(42-24)40-19-8-4-16(5-9-19)23-13-21(33)20-11-18(32)12-22(34)29(20)41-23/h1-13,24,26-28,30-32,34,36-38H,14H2/t24-,26-,27+,28-,30-/m1/s1. The zero-order chi connectivity index (χ0) is 30.0. The van der Waals surface area contributed by atoms with Crippen LogP contribution in [0.25, 0.3) is 28.4 Å². The highest BCUT2D eigenvalue weighted by atomic mass is 16.7. The van der Waals surface area contributed by atoms with Crippen molar-refractivity contribution in [2.75, 3.05) is 6.61 Å². The van der Waals surface area contributed by atoms with Crippen LogP contribution in [0, 0.1) is 0 Å². The van der Waals surface area contributed by atoms with Crippen molar-refractivity contribution in [3.05, 3.63) is 88.6 Å². The number of phenolic OH excluding ortho intramolecular Hbond substituents is 3. The minimum absolute atomic E-state index is 0.00832. The largest absolute Gasteiger partial charge is 0.508 e. The van der Waals surface area contributed by atoms with E-state index in [0.717, 1.165) is 12.1 Å². The van der Waals surface area contributed by atoms with Gasteiger partial charge in [0.1, 0.15) is 54.0 Å². The molecule has 0 bridgehead atoms. The van der Waals surface area contributed by atoms with E-state index < -0.39 is 54.5 Å². The smallest absolute Gasteiger partial charge is 0.330 e. The predicted octanol–water partition coefficient (Wildman–Crippen LogP) is 2.02. The number of aliphatic hydroxyl groups is 3. The number of carbonyl (C=O) groups is 1. The number of rotatable bonds is 7. The second-order valence-electron chi connectivity index (χ2n) is 9.53. The number of hydrogen-bond acceptors (Lipinski definition) is 12. The molecule has 0 spiro atoms. The lowest BCUT2D eigenvalue weighted by molar-refractivity contribution is -0.278. The molecule has 42 heavy (non-hydrogen) atoms. The van der Waals surface area contributed by atoms with E-state index in [2.05, 4.69) is 0 Å². The molecule has 1 aliphatic rings. The van der Waals surface area contributed by atoms with Crippen molar-refractivity contribution in [3.63, 3.8) is 0 Å². The first-order valence-corrected chi connectivity index (χ1v) is 12.7. The molecular weight excluding hydrogens is 552 g/mol. The fraction of sp³-hybridized carbons (Fsp3) is 0.200. The third-order valence-electron chi connectivity index (χ3n) is 6.55. The summed E-state index contributed by atoms with van der Waals surface area (Å²) >= 11 is 0. The van der Waals surface area contributed by atoms with E-state index in [4.69, 9.17) is 18.6 Å². The zero-order valence-electron chi connectivity index (χ0n) is 21.7. The summed E-state index contributed by atoms with van der Waals surface area (Å²) in [7, 11) is 0. The molecule has 12 nitrogen and oxygen atoms in total. The van der Waals surface area contributed by atoms with Gasteiger partial charge in [0.2, 0.25) is 6.29 Å². The number of phenols is 3. The number of aromatic hydroxyl groups is 3. The quantitative estimate of drug-likeness (QED) is 0.138. The Kier molecular flexibility index (Phi) is 8.13. The topological polar surface area (TPSA) is 196 Å². The molecule has 5 atom stereocenters. The van der Waals surface area contributed by atoms with Gasteiger partial charge in [0.05, 0.1) is 5.39 Å². The minimum Gasteiger partial charge on any atom is -0.508 e. The second-order valence-corrected chi connectivity index (χ2v) is 9.53. The van der Waals surface area contributed by atoms with Gasteiger partial charge < -0.3 is 49.3 Å². The van der Waals surface area contributed by atoms with Gasteiger partial charge in [-0.25, -0.2) is 4.79 Å². The molecule has 2 heterocycles. The maximum atomic E-state index is 12.5. The Hall–Kier alpha value is -4.88. The fourth-order valence-corrected chi connectivity index (χ4v) is 4.31. The fourth-order valence-electron chi connectivity index (χ4n) is 4.31. The molecular formula is C30H26O12. The Bertz CT molecular complexity index is 1660. The third-order valence-corrected chi connectivity index (χ3v) is 6.55. The summed E-state index contributed by atoms with van der Waals surface area (Å²) in [6, 6.07) is 15.6. The molecule has 6 N–H and O–H groups in total. The Morgan fingerprint density at radius 2 is 1.57 bits per heavy atom. The average molecular weight is 579 g/mol. The molecule has 5 rings (SSSR count). The van der Waals surface area contributed by atoms with Crippen LogP contribution in [0.4, 0.5) is 0 Å². The van der Waals surface area contributed by atoms with Crippen LogP contribution in [0.3, 0.4) is 0 Å². The molecule has 1 fully saturated rings. The van der Waals surface area contributed by atoms with Crippen LogP contribution in [0.1, 0.15) is 5.56 Å². The summed E-state index contributed by atoms with van der Waals surface area (Å²) in [5.41, 5.74) is 0.508. The highest BCUT2D eigenvalue weighted by molar-refractivity contribution is 5.87. The van der Waals surface area contributed by atoms with Crippen LogP contribution in [-0.2, 0) is 14.3 Å². The van der Waals surface area contributed by atoms with Crippen LogP contribution < -0.4 is 10.2 Å². The van der Waals surface area contributed by atoms with Crippen molar-refractivity contribution in [3.8, 4) is 34.3 Å². The van der Waals surface area contributed by atoms with E-state index in [-0.39, 0.29) is 34.0 Å². The van der Waals surface area contributed by atoms with Crippen molar-refractivity contribution in [1.82, 2.24) is 0 Å². The van der Waals surface area contributed by atoms with Crippen LogP contribution in [0.15, 0.2) is 82.0 Å². The molecule has 1 aliphatic heterocycles. The van der Waals surface area contributed by atoms with Gasteiger partial charge in [0, 0.05) is 23.8 Å². The first kappa shape index (κ1) is 28.6. The molecule has 0 amide bonds. The number of esters is 1. The Balaban J connectivity index is 1.24. The minimum atomic E-state index is -1.67. The van der Waals surface area contributed by atoms with Gasteiger partial charge in [-0.3, -0.25) is 4.79 Å². The van der Waals surface area contributed by atoms with Crippen molar-refractivity contribution in [2.45, 2.75) is 30.7 Å². The number of carbonyl (C=O) groups excluding carboxylic acids is 1. The van der Waals surface area contributed by atoms with E-state index in [1.54, 1.807) is 12.1 Å². The monoisotopic (exact) mass is 578 g/mol. The number of fused-ring (bicyclic) bond motifs is 1. The summed E-state index contributed by atoms with van der Waals surface area (Å²) in [6.07, 6.45) is -4.94. The van der Waals surface area contributed by atoms with E-state index >= 15 is 0 Å². The van der Waals surface area contributed by atoms with Gasteiger partial charge in [0.25, 0.3) is 0 Å². The lowest BCUT2D eigenvalue weighted by Crippen LogP contribution is -2.60. The summed E-state index contributed by atoms with van der Waals surface area (Å²) in [6.45, 7) is -0.450. The summed E-state index contributed by atoms with van der Waals surface area (Å²) < 4.78 is 22.1. The molecule has 1 saturated heterocycles. The first-order valence-electron chi connectivity index (χ1n) is 12.7. The number of benzene rings is 3. The summed E-state index contributed by atoms with van der Waals surface area (Å²) in [4.78, 5) is 24.6. The third kappa shape index (κ3) is 6.21. The first-order chi connectivity index (χ1) is 20.1. The SMILES string of the molecule is O=C(C=Cc1ccc(O)cc1)OC[C@H]1O[C@@H](Oc2ccc(-c3cc(=O)c4cc(O)cc(O)c4o3)cc2)[C@H](O)[C@@H](O)[C@@H]1O. The van der Waals surface area contributed by atoms with Gasteiger partial charge in [0.15, 0.2) is 16.8 Å². The van der Waals surface area contributed by atoms with E-state index in [9.17, 15) is 40.2 Å². The predicted molar refractivity (Wildman–Crippen MR) is 147 cm³/mol. The number of aliphatic hydroxyl groups excluding tert-OH is 3. The van der Waals surface area contributed by atoms with Gasteiger partial charge >= 0.3 is 5.97 Å². The maximum Gasteiger partial charge on any atom is 0.330 e. The van der Waals surface area contributed by atoms with Crippen molar-refractivity contribution in [1.29, 1.82) is 0 Å². The molecule has 3 aromatic carbocycles. The maximum absolute atomic E-state index is 12.5. The van der Waals surface area contributed by atoms with Gasteiger partial charge in [-0.15, -0.1) is 0 Å². The van der Waals surface area contributed by atoms with Crippen LogP contribution in [0.2, 0.25) is 0 Å². The lowest BCUT2D eigenvalue weighted by Gasteiger charge is -2.39.